The van der Waals surface area contributed by atoms with E-state index in [2.05, 4.69) is 284 Å². The normalized spacial score (nSPS) is 14.1. The van der Waals surface area contributed by atoms with Gasteiger partial charge in [-0.15, -0.1) is 53.6 Å². The minimum absolute atomic E-state index is 0. The second-order valence-corrected chi connectivity index (χ2v) is 25.7. The zero-order valence-electron chi connectivity index (χ0n) is 46.4. The average molecular weight is 1150 g/mol. The number of anilines is 2. The number of aromatic nitrogens is 2. The zero-order chi connectivity index (χ0) is 51.9. The summed E-state index contributed by atoms with van der Waals surface area (Å²) in [6.45, 7) is 41.4. The summed E-state index contributed by atoms with van der Waals surface area (Å²) in [5, 5.41) is 2.26. The number of benzene rings is 6. The molecular formula is C67H75N4OPt-3. The van der Waals surface area contributed by atoms with Crippen molar-refractivity contribution in [1.29, 1.82) is 0 Å². The molecular weight excluding hydrogens is 1070 g/mol. The summed E-state index contributed by atoms with van der Waals surface area (Å²) in [6.07, 6.45) is 1.93. The number of nitrogens with zero attached hydrogens (tertiary/aromatic N) is 4. The molecule has 0 bridgehead atoms. The number of ether oxygens (including phenoxy) is 1. The maximum absolute atomic E-state index is 7.13. The van der Waals surface area contributed by atoms with Gasteiger partial charge in [-0.1, -0.05) is 202 Å². The van der Waals surface area contributed by atoms with Crippen LogP contribution in [0.5, 0.6) is 11.5 Å². The fourth-order valence-corrected chi connectivity index (χ4v) is 10.2. The second-order valence-electron chi connectivity index (χ2n) is 25.7. The van der Waals surface area contributed by atoms with Crippen molar-refractivity contribution >= 4 is 33.2 Å². The van der Waals surface area contributed by atoms with Crippen LogP contribution in [0.2, 0.25) is 0 Å². The summed E-state index contributed by atoms with van der Waals surface area (Å²) >= 11 is 0. The molecule has 6 aromatic carbocycles. The monoisotopic (exact) mass is 1150 g/mol. The van der Waals surface area contributed by atoms with E-state index in [1.165, 1.54) is 44.8 Å². The first-order valence-corrected chi connectivity index (χ1v) is 25.8. The summed E-state index contributed by atoms with van der Waals surface area (Å²) in [5.41, 5.74) is 13.9. The van der Waals surface area contributed by atoms with Gasteiger partial charge in [0.1, 0.15) is 5.82 Å². The van der Waals surface area contributed by atoms with Crippen molar-refractivity contribution in [2.45, 2.75) is 139 Å². The number of rotatable bonds is 8. The topological polar surface area (TPSA) is 33.5 Å². The summed E-state index contributed by atoms with van der Waals surface area (Å²) < 4.78 is 9.38. The molecule has 0 saturated heterocycles. The van der Waals surface area contributed by atoms with Gasteiger partial charge in [0.15, 0.2) is 0 Å². The summed E-state index contributed by atoms with van der Waals surface area (Å²) in [7, 11) is 0. The molecule has 0 spiro atoms. The fraction of sp³-hybridized carbons (Fsp3) is 0.343. The summed E-state index contributed by atoms with van der Waals surface area (Å²) in [4.78, 5) is 9.83. The Balaban J connectivity index is 0.00000711. The summed E-state index contributed by atoms with van der Waals surface area (Å²) in [6, 6.07) is 56.2. The van der Waals surface area contributed by atoms with Gasteiger partial charge in [0, 0.05) is 72.2 Å². The molecule has 0 unspecified atom stereocenters. The molecule has 0 saturated carbocycles. The van der Waals surface area contributed by atoms with Crippen molar-refractivity contribution in [3.63, 3.8) is 0 Å². The Morgan fingerprint density at radius 2 is 1.05 bits per heavy atom. The molecule has 0 atom stereocenters. The van der Waals surface area contributed by atoms with Crippen LogP contribution in [0, 0.1) is 29.6 Å². The van der Waals surface area contributed by atoms with Gasteiger partial charge in [-0.25, -0.2) is 4.98 Å². The van der Waals surface area contributed by atoms with E-state index in [1.807, 2.05) is 6.20 Å². The van der Waals surface area contributed by atoms with Gasteiger partial charge in [-0.2, -0.15) is 6.07 Å². The molecule has 382 valence electrons. The van der Waals surface area contributed by atoms with E-state index in [9.17, 15) is 0 Å². The Kier molecular flexibility index (Phi) is 14.0. The Bertz CT molecular complexity index is 3340. The van der Waals surface area contributed by atoms with Gasteiger partial charge in [-0.3, -0.25) is 0 Å². The average Bonchev–Trinajstić information content (AvgIpc) is 3.89. The fourth-order valence-electron chi connectivity index (χ4n) is 10.2. The Labute approximate surface area is 452 Å². The smallest absolute Gasteiger partial charge is 0.135 e. The van der Waals surface area contributed by atoms with E-state index in [4.69, 9.17) is 9.72 Å². The minimum atomic E-state index is -0.388. The van der Waals surface area contributed by atoms with E-state index in [1.54, 1.807) is 0 Å². The Morgan fingerprint density at radius 3 is 1.67 bits per heavy atom. The third kappa shape index (κ3) is 10.6. The predicted molar refractivity (Wildman–Crippen MR) is 305 cm³/mol. The van der Waals surface area contributed by atoms with E-state index in [0.717, 1.165) is 44.6 Å². The molecule has 6 heteroatoms. The predicted octanol–water partition coefficient (Wildman–Crippen LogP) is 18.2. The van der Waals surface area contributed by atoms with Gasteiger partial charge in [0.05, 0.1) is 0 Å². The molecule has 2 aromatic heterocycles. The van der Waals surface area contributed by atoms with Crippen LogP contribution < -0.4 is 14.5 Å². The molecule has 3 heterocycles. The van der Waals surface area contributed by atoms with Crippen molar-refractivity contribution in [2.75, 3.05) is 9.80 Å². The third-order valence-corrected chi connectivity index (χ3v) is 14.4. The van der Waals surface area contributed by atoms with E-state index in [-0.39, 0.29) is 53.6 Å². The van der Waals surface area contributed by atoms with E-state index < -0.39 is 0 Å². The van der Waals surface area contributed by atoms with Crippen molar-refractivity contribution < 1.29 is 25.8 Å². The first kappa shape index (κ1) is 53.4. The quantitative estimate of drug-likeness (QED) is 0.142. The van der Waals surface area contributed by atoms with Crippen LogP contribution in [0.25, 0.3) is 38.8 Å². The van der Waals surface area contributed by atoms with Crippen molar-refractivity contribution in [3.8, 4) is 28.4 Å². The zero-order valence-corrected chi connectivity index (χ0v) is 48.6. The first-order chi connectivity index (χ1) is 33.6. The first-order valence-electron chi connectivity index (χ1n) is 25.8. The maximum Gasteiger partial charge on any atom is 0.135 e. The van der Waals surface area contributed by atoms with Crippen molar-refractivity contribution in [2.24, 2.45) is 10.8 Å². The van der Waals surface area contributed by atoms with E-state index >= 15 is 0 Å². The van der Waals surface area contributed by atoms with Crippen LogP contribution in [0.4, 0.5) is 11.4 Å². The van der Waals surface area contributed by atoms with E-state index in [0.29, 0.717) is 11.5 Å². The maximum atomic E-state index is 7.13. The van der Waals surface area contributed by atoms with Crippen LogP contribution in [0.3, 0.4) is 0 Å². The number of allylic oxidation sites excluding steroid dienone is 2. The van der Waals surface area contributed by atoms with Crippen molar-refractivity contribution in [1.82, 2.24) is 9.55 Å². The molecule has 73 heavy (non-hydrogen) atoms. The molecule has 8 aromatic rings. The Hall–Kier alpha value is -5.90. The molecule has 1 aliphatic heterocycles. The molecule has 5 nitrogen and oxygen atoms in total. The van der Waals surface area contributed by atoms with Crippen LogP contribution in [-0.4, -0.2) is 9.55 Å². The summed E-state index contributed by atoms with van der Waals surface area (Å²) in [5.74, 6) is 2.08. The van der Waals surface area contributed by atoms with Gasteiger partial charge in [0.25, 0.3) is 0 Å². The third-order valence-electron chi connectivity index (χ3n) is 14.4. The molecule has 0 radical (unpaired) electrons. The van der Waals surface area contributed by atoms with Gasteiger partial charge in [-0.05, 0) is 90.8 Å². The van der Waals surface area contributed by atoms with Gasteiger partial charge < -0.3 is 19.1 Å². The van der Waals surface area contributed by atoms with Crippen LogP contribution in [0.15, 0.2) is 151 Å². The Morgan fingerprint density at radius 1 is 0.452 bits per heavy atom. The number of pyridine rings is 1. The van der Waals surface area contributed by atoms with Crippen LogP contribution in [-0.2, 0) is 42.7 Å². The number of hydrogen-bond acceptors (Lipinski definition) is 4. The van der Waals surface area contributed by atoms with Crippen LogP contribution in [0.1, 0.15) is 146 Å². The number of fused-ring (bicyclic) bond motifs is 3. The molecule has 0 fully saturated rings. The van der Waals surface area contributed by atoms with Gasteiger partial charge in [0.2, 0.25) is 0 Å². The van der Waals surface area contributed by atoms with Crippen molar-refractivity contribution in [3.05, 3.63) is 198 Å². The molecule has 0 N–H and O–H groups in total. The largest absolute Gasteiger partial charge is 0.509 e. The SMILES string of the molecule is CC(C)(C)C1=C(C(C)(C)C)N(c2cc(-c3ccccc3)cc(C(C)(C)C)c2)[CH-]N1c1[c-]c(Oc2[c-]c3c(cc2)c2cc(C(C)(C)C)ccc2n3-c2cc(C(C)(C)C)ccn2)cc(C(C)(C)c2ccccc2)c1.[Pt]. The standard InChI is InChI=1S/C67H75N4O.Pt/c1-62(2,3)47-28-31-57-56(39-47)55-30-29-53(42-58(55)71(57)59-40-48(32-33-68-59)63(4,5)6)72-54-38-50(67(16,17)46-26-22-19-23-27-46)37-52(41-54)70-43-69(60(65(10,11)12)61(70)66(13,14)15)51-35-45(44-24-20-18-21-25-44)34-49(36-51)64(7,8)9;/h18-40,43H,1-17H3;/q-3;. The van der Waals surface area contributed by atoms with Crippen LogP contribution >= 0.6 is 0 Å². The second kappa shape index (κ2) is 19.1. The molecule has 0 aliphatic carbocycles. The molecule has 9 rings (SSSR count). The van der Waals surface area contributed by atoms with Gasteiger partial charge >= 0.3 is 0 Å². The molecule has 1 aliphatic rings. The minimum Gasteiger partial charge on any atom is -0.509 e. The molecule has 0 amide bonds. The number of hydrogen-bond donors (Lipinski definition) is 0.